The van der Waals surface area contributed by atoms with E-state index in [1.807, 2.05) is 24.8 Å². The highest BCUT2D eigenvalue weighted by atomic mass is 16.5. The van der Waals surface area contributed by atoms with Crippen LogP contribution >= 0.6 is 0 Å². The summed E-state index contributed by atoms with van der Waals surface area (Å²) in [4.78, 5) is 23.0. The molecule has 5 nitrogen and oxygen atoms in total. The molecule has 0 spiro atoms. The van der Waals surface area contributed by atoms with E-state index in [0.717, 1.165) is 50.3 Å². The van der Waals surface area contributed by atoms with Gasteiger partial charge in [-0.3, -0.25) is 4.79 Å². The summed E-state index contributed by atoms with van der Waals surface area (Å²) in [6.45, 7) is 5.44. The molecule has 2 aliphatic rings. The van der Waals surface area contributed by atoms with Gasteiger partial charge in [0, 0.05) is 43.6 Å². The number of hydrogen-bond donors (Lipinski definition) is 0. The molecule has 0 N–H and O–H groups in total. The van der Waals surface area contributed by atoms with E-state index in [1.165, 1.54) is 12.8 Å². The van der Waals surface area contributed by atoms with Crippen LogP contribution in [0.25, 0.3) is 0 Å². The van der Waals surface area contributed by atoms with Crippen LogP contribution in [0.4, 0.5) is 0 Å². The predicted octanol–water partition coefficient (Wildman–Crippen LogP) is 2.65. The molecule has 1 amide bonds. The number of rotatable bonds is 3. The number of likely N-dealkylation sites (tertiary alicyclic amines) is 1. The van der Waals surface area contributed by atoms with Gasteiger partial charge in [0.2, 0.25) is 11.8 Å². The molecule has 1 aromatic rings. The maximum absolute atomic E-state index is 12.4. The lowest BCUT2D eigenvalue weighted by Crippen LogP contribution is -2.44. The Hall–Kier alpha value is -1.65. The Morgan fingerprint density at radius 1 is 1.14 bits per heavy atom. The van der Waals surface area contributed by atoms with Gasteiger partial charge < -0.3 is 9.64 Å². The Bertz CT molecular complexity index is 512. The van der Waals surface area contributed by atoms with Crippen molar-refractivity contribution in [2.75, 3.05) is 13.1 Å². The zero-order valence-corrected chi connectivity index (χ0v) is 13.5. The minimum absolute atomic E-state index is 0.154. The van der Waals surface area contributed by atoms with Crippen molar-refractivity contribution in [3.8, 4) is 5.88 Å². The second kappa shape index (κ2) is 6.63. The number of aromatic nitrogens is 2. The minimum atomic E-state index is 0.154. The summed E-state index contributed by atoms with van der Waals surface area (Å²) >= 11 is 0. The highest BCUT2D eigenvalue weighted by Crippen LogP contribution is 2.28. The summed E-state index contributed by atoms with van der Waals surface area (Å²) in [6, 6.07) is 1.88. The molecule has 2 fully saturated rings. The van der Waals surface area contributed by atoms with Crippen molar-refractivity contribution in [2.24, 2.45) is 5.92 Å². The fourth-order valence-electron chi connectivity index (χ4n) is 3.54. The van der Waals surface area contributed by atoms with E-state index < -0.39 is 0 Å². The molecule has 0 atom stereocenters. The normalized spacial score (nSPS) is 20.4. The molecule has 0 bridgehead atoms. The Morgan fingerprint density at radius 2 is 1.82 bits per heavy atom. The Kier molecular flexibility index (Phi) is 4.60. The third-order valence-electron chi connectivity index (χ3n) is 4.69. The first-order valence-corrected chi connectivity index (χ1v) is 8.39. The maximum Gasteiger partial charge on any atom is 0.225 e. The van der Waals surface area contributed by atoms with Gasteiger partial charge in [-0.2, -0.15) is 4.98 Å². The van der Waals surface area contributed by atoms with Gasteiger partial charge >= 0.3 is 0 Å². The fraction of sp³-hybridized carbons (Fsp3) is 0.706. The predicted molar refractivity (Wildman–Crippen MR) is 83.7 cm³/mol. The van der Waals surface area contributed by atoms with Crippen molar-refractivity contribution in [1.29, 1.82) is 0 Å². The van der Waals surface area contributed by atoms with Gasteiger partial charge in [0.05, 0.1) is 0 Å². The third kappa shape index (κ3) is 3.57. The van der Waals surface area contributed by atoms with E-state index in [2.05, 4.69) is 9.97 Å². The molecule has 1 aliphatic carbocycles. The first kappa shape index (κ1) is 15.3. The average molecular weight is 303 g/mol. The quantitative estimate of drug-likeness (QED) is 0.861. The highest BCUT2D eigenvalue weighted by molar-refractivity contribution is 5.79. The van der Waals surface area contributed by atoms with Gasteiger partial charge in [-0.05, 0) is 26.7 Å². The first-order chi connectivity index (χ1) is 10.6. The van der Waals surface area contributed by atoms with E-state index in [9.17, 15) is 4.79 Å². The maximum atomic E-state index is 12.4. The Morgan fingerprint density at radius 3 is 2.45 bits per heavy atom. The van der Waals surface area contributed by atoms with Crippen molar-refractivity contribution in [3.63, 3.8) is 0 Å². The summed E-state index contributed by atoms with van der Waals surface area (Å²) in [5.74, 6) is 2.05. The summed E-state index contributed by atoms with van der Waals surface area (Å²) in [7, 11) is 0. The van der Waals surface area contributed by atoms with E-state index in [0.29, 0.717) is 11.8 Å². The lowest BCUT2D eigenvalue weighted by Gasteiger charge is -2.33. The number of piperidine rings is 1. The molecular formula is C17H25N3O2. The van der Waals surface area contributed by atoms with Crippen LogP contribution in [0, 0.1) is 19.8 Å². The molecule has 120 valence electrons. The van der Waals surface area contributed by atoms with Crippen LogP contribution in [-0.4, -0.2) is 40.0 Å². The molecule has 1 aromatic heterocycles. The number of carbonyl (C=O) groups excluding carboxylic acids is 1. The average Bonchev–Trinajstić information content (AvgIpc) is 3.00. The van der Waals surface area contributed by atoms with E-state index >= 15 is 0 Å². The van der Waals surface area contributed by atoms with Crippen molar-refractivity contribution in [3.05, 3.63) is 17.6 Å². The molecule has 0 radical (unpaired) electrons. The summed E-state index contributed by atoms with van der Waals surface area (Å²) < 4.78 is 5.98. The van der Waals surface area contributed by atoms with Crippen molar-refractivity contribution in [1.82, 2.24) is 14.9 Å². The van der Waals surface area contributed by atoms with E-state index in [1.54, 1.807) is 0 Å². The van der Waals surface area contributed by atoms with Crippen LogP contribution in [0.15, 0.2) is 6.07 Å². The minimum Gasteiger partial charge on any atom is -0.474 e. The van der Waals surface area contributed by atoms with Crippen molar-refractivity contribution < 1.29 is 9.53 Å². The SMILES string of the molecule is Cc1cc(OC2CCN(C(=O)C3CCCC3)CC2)nc(C)n1. The summed E-state index contributed by atoms with van der Waals surface area (Å²) in [6.07, 6.45) is 6.51. The third-order valence-corrected chi connectivity index (χ3v) is 4.69. The number of ether oxygens (including phenoxy) is 1. The highest BCUT2D eigenvalue weighted by Gasteiger charge is 2.30. The molecule has 22 heavy (non-hydrogen) atoms. The first-order valence-electron chi connectivity index (χ1n) is 8.39. The second-order valence-electron chi connectivity index (χ2n) is 6.52. The molecule has 1 aliphatic heterocycles. The topological polar surface area (TPSA) is 55.3 Å². The summed E-state index contributed by atoms with van der Waals surface area (Å²) in [5.41, 5.74) is 0.927. The largest absolute Gasteiger partial charge is 0.474 e. The zero-order valence-electron chi connectivity index (χ0n) is 13.5. The number of nitrogens with zero attached hydrogens (tertiary/aromatic N) is 3. The smallest absolute Gasteiger partial charge is 0.225 e. The standard InChI is InChI=1S/C17H25N3O2/c1-12-11-16(19-13(2)18-12)22-15-7-9-20(10-8-15)17(21)14-5-3-4-6-14/h11,14-15H,3-10H2,1-2H3. The van der Waals surface area contributed by atoms with Crippen LogP contribution < -0.4 is 4.74 Å². The Labute approximate surface area is 132 Å². The Balaban J connectivity index is 1.52. The fourth-order valence-corrected chi connectivity index (χ4v) is 3.54. The molecule has 1 saturated heterocycles. The molecule has 5 heteroatoms. The molecule has 3 rings (SSSR count). The van der Waals surface area contributed by atoms with Crippen LogP contribution in [0.2, 0.25) is 0 Å². The van der Waals surface area contributed by atoms with Crippen molar-refractivity contribution in [2.45, 2.75) is 58.5 Å². The van der Waals surface area contributed by atoms with Crippen LogP contribution in [0.3, 0.4) is 0 Å². The van der Waals surface area contributed by atoms with E-state index in [-0.39, 0.29) is 12.0 Å². The van der Waals surface area contributed by atoms with E-state index in [4.69, 9.17) is 4.74 Å². The number of hydrogen-bond acceptors (Lipinski definition) is 4. The molecule has 0 aromatic carbocycles. The van der Waals surface area contributed by atoms with Crippen molar-refractivity contribution >= 4 is 5.91 Å². The monoisotopic (exact) mass is 303 g/mol. The lowest BCUT2D eigenvalue weighted by molar-refractivity contribution is -0.137. The number of aryl methyl sites for hydroxylation is 2. The van der Waals surface area contributed by atoms with Gasteiger partial charge in [-0.1, -0.05) is 12.8 Å². The van der Waals surface area contributed by atoms with Gasteiger partial charge in [0.1, 0.15) is 11.9 Å². The molecule has 1 saturated carbocycles. The van der Waals surface area contributed by atoms with Gasteiger partial charge in [-0.15, -0.1) is 0 Å². The molecule has 0 unspecified atom stereocenters. The zero-order chi connectivity index (χ0) is 15.5. The number of amides is 1. The van der Waals surface area contributed by atoms with Crippen LogP contribution in [-0.2, 0) is 4.79 Å². The second-order valence-corrected chi connectivity index (χ2v) is 6.52. The molecular weight excluding hydrogens is 278 g/mol. The van der Waals surface area contributed by atoms with Crippen LogP contribution in [0.1, 0.15) is 50.0 Å². The summed E-state index contributed by atoms with van der Waals surface area (Å²) in [5, 5.41) is 0. The van der Waals surface area contributed by atoms with Gasteiger partial charge in [-0.25, -0.2) is 4.98 Å². The van der Waals surface area contributed by atoms with Crippen LogP contribution in [0.5, 0.6) is 5.88 Å². The number of carbonyl (C=O) groups is 1. The lowest BCUT2D eigenvalue weighted by atomic mass is 10.0. The van der Waals surface area contributed by atoms with Gasteiger partial charge in [0.25, 0.3) is 0 Å². The molecule has 2 heterocycles. The van der Waals surface area contributed by atoms with Gasteiger partial charge in [0.15, 0.2) is 0 Å².